The van der Waals surface area contributed by atoms with Crippen molar-refractivity contribution in [2.75, 3.05) is 0 Å². The van der Waals surface area contributed by atoms with Gasteiger partial charge in [-0.25, -0.2) is 4.98 Å². The van der Waals surface area contributed by atoms with Crippen LogP contribution in [0.25, 0.3) is 5.65 Å². The Morgan fingerprint density at radius 3 is 2.59 bits per heavy atom. The molecular formula is C24H23N3O2. The standard InChI is InChI=1S/C24H23N3O2/c1-17-7-12-23-26-21(15-27(23)14-17)16-29-22-10-8-19(9-11-22)24(28)25-13-20-6-4-3-5-18(20)2/h3-12,14-15H,13,16H2,1-2H3,(H,25,28). The van der Waals surface area contributed by atoms with Crippen LogP contribution >= 0.6 is 0 Å². The molecule has 5 heteroatoms. The van der Waals surface area contributed by atoms with E-state index in [9.17, 15) is 4.79 Å². The van der Waals surface area contributed by atoms with Crippen molar-refractivity contribution in [3.63, 3.8) is 0 Å². The molecular weight excluding hydrogens is 362 g/mol. The first kappa shape index (κ1) is 18.7. The van der Waals surface area contributed by atoms with Crippen LogP contribution in [0.2, 0.25) is 0 Å². The molecule has 0 saturated carbocycles. The fourth-order valence-corrected chi connectivity index (χ4v) is 3.17. The number of carbonyl (C=O) groups excluding carboxylic acids is 1. The van der Waals surface area contributed by atoms with Gasteiger partial charge >= 0.3 is 0 Å². The fraction of sp³-hybridized carbons (Fsp3) is 0.167. The van der Waals surface area contributed by atoms with Gasteiger partial charge < -0.3 is 14.5 Å². The van der Waals surface area contributed by atoms with Gasteiger partial charge in [0.1, 0.15) is 18.0 Å². The van der Waals surface area contributed by atoms with Gasteiger partial charge in [-0.1, -0.05) is 30.3 Å². The smallest absolute Gasteiger partial charge is 0.251 e. The van der Waals surface area contributed by atoms with E-state index in [1.807, 2.05) is 79.2 Å². The number of nitrogens with zero attached hydrogens (tertiary/aromatic N) is 2. The summed E-state index contributed by atoms with van der Waals surface area (Å²) in [5.41, 5.74) is 5.82. The van der Waals surface area contributed by atoms with E-state index in [1.165, 1.54) is 11.1 Å². The summed E-state index contributed by atoms with van der Waals surface area (Å²) in [6.45, 7) is 4.98. The Morgan fingerprint density at radius 2 is 1.79 bits per heavy atom. The van der Waals surface area contributed by atoms with Gasteiger partial charge in [-0.15, -0.1) is 0 Å². The Bertz CT molecular complexity index is 1150. The van der Waals surface area contributed by atoms with Crippen molar-refractivity contribution in [2.45, 2.75) is 27.0 Å². The number of rotatable bonds is 6. The number of hydrogen-bond acceptors (Lipinski definition) is 3. The third-order valence-electron chi connectivity index (χ3n) is 4.85. The molecule has 0 fully saturated rings. The van der Waals surface area contributed by atoms with E-state index in [1.54, 1.807) is 12.1 Å². The second-order valence-corrected chi connectivity index (χ2v) is 7.13. The number of benzene rings is 2. The summed E-state index contributed by atoms with van der Waals surface area (Å²) >= 11 is 0. The minimum atomic E-state index is -0.101. The Hall–Kier alpha value is -3.60. The molecule has 0 aliphatic rings. The van der Waals surface area contributed by atoms with Crippen LogP contribution in [-0.2, 0) is 13.2 Å². The lowest BCUT2D eigenvalue weighted by Crippen LogP contribution is -2.23. The highest BCUT2D eigenvalue weighted by atomic mass is 16.5. The monoisotopic (exact) mass is 385 g/mol. The maximum absolute atomic E-state index is 12.4. The largest absolute Gasteiger partial charge is 0.487 e. The van der Waals surface area contributed by atoms with Crippen molar-refractivity contribution in [1.82, 2.24) is 14.7 Å². The van der Waals surface area contributed by atoms with Crippen LogP contribution < -0.4 is 10.1 Å². The zero-order valence-electron chi connectivity index (χ0n) is 16.6. The van der Waals surface area contributed by atoms with Gasteiger partial charge in [0.25, 0.3) is 5.91 Å². The van der Waals surface area contributed by atoms with Gasteiger partial charge in [0.2, 0.25) is 0 Å². The molecule has 0 spiro atoms. The van der Waals surface area contributed by atoms with E-state index < -0.39 is 0 Å². The Labute approximate surface area is 170 Å². The third-order valence-corrected chi connectivity index (χ3v) is 4.85. The molecule has 2 aromatic heterocycles. The van der Waals surface area contributed by atoms with Crippen LogP contribution in [0.3, 0.4) is 0 Å². The molecule has 29 heavy (non-hydrogen) atoms. The summed E-state index contributed by atoms with van der Waals surface area (Å²) in [7, 11) is 0. The SMILES string of the molecule is Cc1ccc2nc(COc3ccc(C(=O)NCc4ccccc4C)cc3)cn2c1. The van der Waals surface area contributed by atoms with Crippen LogP contribution in [0.1, 0.15) is 32.7 Å². The van der Waals surface area contributed by atoms with Crippen LogP contribution in [0.15, 0.2) is 73.1 Å². The first-order chi connectivity index (χ1) is 14.1. The molecule has 4 rings (SSSR count). The summed E-state index contributed by atoms with van der Waals surface area (Å²) in [6, 6.07) is 19.2. The van der Waals surface area contributed by atoms with Crippen molar-refractivity contribution < 1.29 is 9.53 Å². The average Bonchev–Trinajstić information content (AvgIpc) is 3.14. The lowest BCUT2D eigenvalue weighted by molar-refractivity contribution is 0.0951. The number of nitrogens with one attached hydrogen (secondary N) is 1. The van der Waals surface area contributed by atoms with Crippen molar-refractivity contribution in [3.8, 4) is 5.75 Å². The van der Waals surface area contributed by atoms with Crippen molar-refractivity contribution in [3.05, 3.63) is 101 Å². The lowest BCUT2D eigenvalue weighted by atomic mass is 10.1. The molecule has 0 saturated heterocycles. The minimum absolute atomic E-state index is 0.101. The molecule has 1 amide bonds. The van der Waals surface area contributed by atoms with Gasteiger partial charge in [-0.05, 0) is 60.9 Å². The van der Waals surface area contributed by atoms with Crippen molar-refractivity contribution in [2.24, 2.45) is 0 Å². The van der Waals surface area contributed by atoms with Gasteiger partial charge in [-0.3, -0.25) is 4.79 Å². The molecule has 0 aliphatic heterocycles. The topological polar surface area (TPSA) is 55.6 Å². The number of carbonyl (C=O) groups is 1. The van der Waals surface area contributed by atoms with Gasteiger partial charge in [0.15, 0.2) is 0 Å². The lowest BCUT2D eigenvalue weighted by Gasteiger charge is -2.09. The molecule has 0 aliphatic carbocycles. The molecule has 1 N–H and O–H groups in total. The van der Waals surface area contributed by atoms with Crippen molar-refractivity contribution >= 4 is 11.6 Å². The molecule has 5 nitrogen and oxygen atoms in total. The second-order valence-electron chi connectivity index (χ2n) is 7.13. The van der Waals surface area contributed by atoms with Crippen LogP contribution in [0.5, 0.6) is 5.75 Å². The molecule has 0 unspecified atom stereocenters. The van der Waals surface area contributed by atoms with E-state index in [0.29, 0.717) is 24.5 Å². The average molecular weight is 385 g/mol. The summed E-state index contributed by atoms with van der Waals surface area (Å²) < 4.78 is 7.82. The second kappa shape index (κ2) is 8.19. The number of ether oxygens (including phenoxy) is 1. The van der Waals surface area contributed by atoms with Gasteiger partial charge in [0, 0.05) is 24.5 Å². The predicted molar refractivity (Wildman–Crippen MR) is 113 cm³/mol. The molecule has 2 aromatic carbocycles. The Kier molecular flexibility index (Phi) is 5.29. The van der Waals surface area contributed by atoms with Gasteiger partial charge in [0.05, 0.1) is 5.69 Å². The third kappa shape index (κ3) is 4.46. The van der Waals surface area contributed by atoms with Crippen LogP contribution in [0, 0.1) is 13.8 Å². The number of aryl methyl sites for hydroxylation is 2. The molecule has 2 heterocycles. The number of pyridine rings is 1. The number of aromatic nitrogens is 2. The maximum atomic E-state index is 12.4. The molecule has 4 aromatic rings. The van der Waals surface area contributed by atoms with E-state index in [2.05, 4.69) is 10.3 Å². The minimum Gasteiger partial charge on any atom is -0.487 e. The number of amides is 1. The molecule has 0 bridgehead atoms. The highest BCUT2D eigenvalue weighted by Gasteiger charge is 2.07. The Balaban J connectivity index is 1.34. The maximum Gasteiger partial charge on any atom is 0.251 e. The normalized spacial score (nSPS) is 10.8. The van der Waals surface area contributed by atoms with Crippen LogP contribution in [0.4, 0.5) is 0 Å². The van der Waals surface area contributed by atoms with E-state index in [0.717, 1.165) is 16.9 Å². The number of fused-ring (bicyclic) bond motifs is 1. The van der Waals surface area contributed by atoms with Gasteiger partial charge in [-0.2, -0.15) is 0 Å². The zero-order valence-corrected chi connectivity index (χ0v) is 16.6. The quantitative estimate of drug-likeness (QED) is 0.533. The molecule has 146 valence electrons. The predicted octanol–water partition coefficient (Wildman–Crippen LogP) is 4.46. The molecule has 0 atom stereocenters. The first-order valence-electron chi connectivity index (χ1n) is 9.58. The fourth-order valence-electron chi connectivity index (χ4n) is 3.17. The molecule has 0 radical (unpaired) electrons. The van der Waals surface area contributed by atoms with E-state index >= 15 is 0 Å². The highest BCUT2D eigenvalue weighted by Crippen LogP contribution is 2.15. The number of hydrogen-bond donors (Lipinski definition) is 1. The van der Waals surface area contributed by atoms with Crippen molar-refractivity contribution in [1.29, 1.82) is 0 Å². The zero-order chi connectivity index (χ0) is 20.2. The van der Waals surface area contributed by atoms with Crippen LogP contribution in [-0.4, -0.2) is 15.3 Å². The van der Waals surface area contributed by atoms with E-state index in [4.69, 9.17) is 4.74 Å². The summed E-state index contributed by atoms with van der Waals surface area (Å²) in [4.78, 5) is 16.9. The van der Waals surface area contributed by atoms with E-state index in [-0.39, 0.29) is 5.91 Å². The summed E-state index contributed by atoms with van der Waals surface area (Å²) in [5.74, 6) is 0.601. The number of imidazole rings is 1. The first-order valence-corrected chi connectivity index (χ1v) is 9.58. The Morgan fingerprint density at radius 1 is 1.00 bits per heavy atom. The highest BCUT2D eigenvalue weighted by molar-refractivity contribution is 5.94. The summed E-state index contributed by atoms with van der Waals surface area (Å²) in [5, 5.41) is 2.96. The summed E-state index contributed by atoms with van der Waals surface area (Å²) in [6.07, 6.45) is 4.01.